The Morgan fingerprint density at radius 1 is 1.16 bits per heavy atom. The Hall–Kier alpha value is -2.44. The Kier molecular flexibility index (Phi) is 5.01. The molecule has 6 nitrogen and oxygen atoms in total. The molecule has 134 valence electrons. The van der Waals surface area contributed by atoms with Crippen LogP contribution in [-0.2, 0) is 14.4 Å². The highest BCUT2D eigenvalue weighted by Gasteiger charge is 2.35. The molecule has 0 bridgehead atoms. The molecule has 0 radical (unpaired) electrons. The molecular weight excluding hydrogens is 325 g/mol. The second kappa shape index (κ2) is 7.21. The van der Waals surface area contributed by atoms with E-state index in [1.54, 1.807) is 19.1 Å². The fraction of sp³-hybridized carbons (Fsp3) is 0.500. The van der Waals surface area contributed by atoms with Crippen molar-refractivity contribution in [2.45, 2.75) is 26.2 Å². The number of hydrogen-bond donors (Lipinski definition) is 2. The molecule has 1 aliphatic carbocycles. The molecule has 0 unspecified atom stereocenters. The van der Waals surface area contributed by atoms with Crippen molar-refractivity contribution in [2.75, 3.05) is 24.5 Å². The topological polar surface area (TPSA) is 78.5 Å². The Bertz CT molecular complexity index is 703. The molecule has 1 aromatic carbocycles. The number of nitrogens with zero attached hydrogens (tertiary/aromatic N) is 1. The molecule has 1 aliphatic heterocycles. The summed E-state index contributed by atoms with van der Waals surface area (Å²) in [7, 11) is 0. The molecule has 0 spiro atoms. The van der Waals surface area contributed by atoms with E-state index in [-0.39, 0.29) is 42.4 Å². The molecule has 0 aromatic heterocycles. The third kappa shape index (κ3) is 4.15. The third-order valence-corrected chi connectivity index (χ3v) is 4.63. The lowest BCUT2D eigenvalue weighted by Crippen LogP contribution is -2.38. The van der Waals surface area contributed by atoms with Crippen molar-refractivity contribution in [3.05, 3.63) is 29.6 Å². The van der Waals surface area contributed by atoms with E-state index in [0.29, 0.717) is 24.3 Å². The van der Waals surface area contributed by atoms with E-state index < -0.39 is 5.92 Å². The Labute approximate surface area is 145 Å². The highest BCUT2D eigenvalue weighted by Crippen LogP contribution is 2.28. The summed E-state index contributed by atoms with van der Waals surface area (Å²) in [6.45, 7) is 2.61. The molecule has 1 saturated heterocycles. The van der Waals surface area contributed by atoms with E-state index in [9.17, 15) is 18.8 Å². The van der Waals surface area contributed by atoms with Gasteiger partial charge in [0, 0.05) is 37.7 Å². The van der Waals surface area contributed by atoms with Crippen LogP contribution < -0.4 is 15.5 Å². The number of carbonyl (C=O) groups excluding carboxylic acids is 3. The monoisotopic (exact) mass is 347 g/mol. The summed E-state index contributed by atoms with van der Waals surface area (Å²) < 4.78 is 13.7. The molecular formula is C18H22FN3O3. The molecule has 1 heterocycles. The number of amides is 3. The summed E-state index contributed by atoms with van der Waals surface area (Å²) in [6, 6.07) is 4.62. The largest absolute Gasteiger partial charge is 0.354 e. The lowest BCUT2D eigenvalue weighted by atomic mass is 10.1. The minimum Gasteiger partial charge on any atom is -0.354 e. The molecule has 7 heteroatoms. The van der Waals surface area contributed by atoms with Gasteiger partial charge in [0.2, 0.25) is 17.7 Å². The molecule has 1 atom stereocenters. The van der Waals surface area contributed by atoms with Crippen LogP contribution in [0, 0.1) is 24.6 Å². The van der Waals surface area contributed by atoms with Crippen LogP contribution in [0.1, 0.15) is 24.8 Å². The molecule has 25 heavy (non-hydrogen) atoms. The lowest BCUT2D eigenvalue weighted by Gasteiger charge is -2.17. The highest BCUT2D eigenvalue weighted by molar-refractivity contribution is 6.00. The average Bonchev–Trinajstić information content (AvgIpc) is 3.36. The quantitative estimate of drug-likeness (QED) is 0.757. The summed E-state index contributed by atoms with van der Waals surface area (Å²) in [5, 5.41) is 5.52. The molecule has 3 amide bonds. The number of anilines is 1. The van der Waals surface area contributed by atoms with Gasteiger partial charge in [-0.25, -0.2) is 4.39 Å². The maximum atomic E-state index is 13.7. The van der Waals surface area contributed by atoms with Gasteiger partial charge in [-0.1, -0.05) is 6.07 Å². The number of halogens is 1. The summed E-state index contributed by atoms with van der Waals surface area (Å²) in [5.74, 6) is -1.06. The number of aryl methyl sites for hydroxylation is 1. The number of benzene rings is 1. The normalized spacial score (nSPS) is 19.8. The van der Waals surface area contributed by atoms with Gasteiger partial charge in [-0.05, 0) is 37.5 Å². The highest BCUT2D eigenvalue weighted by atomic mass is 19.1. The second-order valence-electron chi connectivity index (χ2n) is 6.70. The fourth-order valence-corrected chi connectivity index (χ4v) is 2.89. The Morgan fingerprint density at radius 2 is 1.80 bits per heavy atom. The summed E-state index contributed by atoms with van der Waals surface area (Å²) in [5.41, 5.74) is 0.984. The van der Waals surface area contributed by atoms with Crippen LogP contribution in [-0.4, -0.2) is 37.4 Å². The van der Waals surface area contributed by atoms with Crippen molar-refractivity contribution in [1.82, 2.24) is 10.6 Å². The number of nitrogens with one attached hydrogen (secondary N) is 2. The maximum Gasteiger partial charge on any atom is 0.227 e. The first-order valence-electron chi connectivity index (χ1n) is 8.57. The van der Waals surface area contributed by atoms with Gasteiger partial charge in [-0.15, -0.1) is 0 Å². The molecule has 2 fully saturated rings. The van der Waals surface area contributed by atoms with Gasteiger partial charge in [-0.2, -0.15) is 0 Å². The van der Waals surface area contributed by atoms with Gasteiger partial charge >= 0.3 is 0 Å². The van der Waals surface area contributed by atoms with Crippen molar-refractivity contribution < 1.29 is 18.8 Å². The van der Waals surface area contributed by atoms with Gasteiger partial charge in [0.25, 0.3) is 0 Å². The Morgan fingerprint density at radius 3 is 2.40 bits per heavy atom. The average molecular weight is 347 g/mol. The van der Waals surface area contributed by atoms with E-state index in [2.05, 4.69) is 10.6 Å². The minimum atomic E-state index is -0.462. The standard InChI is InChI=1S/C18H22FN3O3/c1-11-2-5-14(9-15(11)19)22-10-13(8-16(22)23)18(25)21-7-6-20-17(24)12-3-4-12/h2,5,9,12-13H,3-4,6-8,10H2,1H3,(H,20,24)(H,21,25)/t13-/m0/s1. The van der Waals surface area contributed by atoms with E-state index in [4.69, 9.17) is 0 Å². The SMILES string of the molecule is Cc1ccc(N2C[C@@H](C(=O)NCCNC(=O)C3CC3)CC2=O)cc1F. The van der Waals surface area contributed by atoms with E-state index >= 15 is 0 Å². The number of hydrogen-bond acceptors (Lipinski definition) is 3. The van der Waals surface area contributed by atoms with Crippen molar-refractivity contribution >= 4 is 23.4 Å². The predicted octanol–water partition coefficient (Wildman–Crippen LogP) is 1.13. The third-order valence-electron chi connectivity index (χ3n) is 4.63. The van der Waals surface area contributed by atoms with Crippen LogP contribution in [0.2, 0.25) is 0 Å². The molecule has 1 saturated carbocycles. The van der Waals surface area contributed by atoms with Crippen LogP contribution >= 0.6 is 0 Å². The first-order valence-corrected chi connectivity index (χ1v) is 8.57. The predicted molar refractivity (Wildman–Crippen MR) is 90.3 cm³/mol. The number of carbonyl (C=O) groups is 3. The van der Waals surface area contributed by atoms with Gasteiger partial charge in [0.15, 0.2) is 0 Å². The van der Waals surface area contributed by atoms with Gasteiger partial charge in [-0.3, -0.25) is 14.4 Å². The van der Waals surface area contributed by atoms with Crippen molar-refractivity contribution in [3.63, 3.8) is 0 Å². The summed E-state index contributed by atoms with van der Waals surface area (Å²) >= 11 is 0. The van der Waals surface area contributed by atoms with Crippen molar-refractivity contribution in [3.8, 4) is 0 Å². The van der Waals surface area contributed by atoms with Crippen LogP contribution in [0.5, 0.6) is 0 Å². The van der Waals surface area contributed by atoms with Gasteiger partial charge in [0.1, 0.15) is 5.82 Å². The Balaban J connectivity index is 1.48. The minimum absolute atomic E-state index is 0.0397. The molecule has 2 aliphatic rings. The summed E-state index contributed by atoms with van der Waals surface area (Å²) in [4.78, 5) is 37.3. The fourth-order valence-electron chi connectivity index (χ4n) is 2.89. The zero-order valence-corrected chi connectivity index (χ0v) is 14.2. The maximum absolute atomic E-state index is 13.7. The van der Waals surface area contributed by atoms with Crippen LogP contribution in [0.3, 0.4) is 0 Å². The number of rotatable bonds is 6. The van der Waals surface area contributed by atoms with Crippen molar-refractivity contribution in [2.24, 2.45) is 11.8 Å². The summed E-state index contributed by atoms with van der Waals surface area (Å²) in [6.07, 6.45) is 1.99. The van der Waals surface area contributed by atoms with Gasteiger partial charge in [0.05, 0.1) is 5.92 Å². The second-order valence-corrected chi connectivity index (χ2v) is 6.70. The zero-order valence-electron chi connectivity index (χ0n) is 14.2. The first kappa shape index (κ1) is 17.4. The van der Waals surface area contributed by atoms with E-state index in [1.165, 1.54) is 11.0 Å². The lowest BCUT2D eigenvalue weighted by molar-refractivity contribution is -0.126. The van der Waals surface area contributed by atoms with Crippen LogP contribution in [0.25, 0.3) is 0 Å². The van der Waals surface area contributed by atoms with Crippen molar-refractivity contribution in [1.29, 1.82) is 0 Å². The molecule has 3 rings (SSSR count). The van der Waals surface area contributed by atoms with Gasteiger partial charge < -0.3 is 15.5 Å². The zero-order chi connectivity index (χ0) is 18.0. The molecule has 2 N–H and O–H groups in total. The van der Waals surface area contributed by atoms with Crippen LogP contribution in [0.15, 0.2) is 18.2 Å². The van der Waals surface area contributed by atoms with E-state index in [1.807, 2.05) is 0 Å². The van der Waals surface area contributed by atoms with Crippen LogP contribution in [0.4, 0.5) is 10.1 Å². The smallest absolute Gasteiger partial charge is 0.227 e. The van der Waals surface area contributed by atoms with E-state index in [0.717, 1.165) is 12.8 Å². The molecule has 1 aromatic rings. The first-order chi connectivity index (χ1) is 12.0.